The van der Waals surface area contributed by atoms with E-state index in [0.29, 0.717) is 10.7 Å². The molecule has 0 atom stereocenters. The van der Waals surface area contributed by atoms with Crippen molar-refractivity contribution < 1.29 is 13.6 Å². The standard InChI is InChI=1S/C11H6BrF2N3O/c12-9-4-16-10(5-15-9)17-11(18)6-1-7(13)3-8(14)2-6/h1-5H,(H,16,17,18). The highest BCUT2D eigenvalue weighted by Crippen LogP contribution is 2.11. The second-order valence-corrected chi connectivity index (χ2v) is 4.15. The fraction of sp³-hybridized carbons (Fsp3) is 0. The van der Waals surface area contributed by atoms with E-state index in [2.05, 4.69) is 31.2 Å². The van der Waals surface area contributed by atoms with Gasteiger partial charge in [0.15, 0.2) is 5.82 Å². The summed E-state index contributed by atoms with van der Waals surface area (Å²) in [5.74, 6) is -2.11. The van der Waals surface area contributed by atoms with Gasteiger partial charge in [0, 0.05) is 11.6 Å². The van der Waals surface area contributed by atoms with E-state index in [1.54, 1.807) is 0 Å². The lowest BCUT2D eigenvalue weighted by Gasteiger charge is -2.04. The number of rotatable bonds is 2. The molecule has 0 radical (unpaired) electrons. The normalized spacial score (nSPS) is 10.2. The summed E-state index contributed by atoms with van der Waals surface area (Å²) in [5.41, 5.74) is -0.128. The zero-order valence-corrected chi connectivity index (χ0v) is 10.4. The van der Waals surface area contributed by atoms with E-state index in [9.17, 15) is 13.6 Å². The number of benzene rings is 1. The summed E-state index contributed by atoms with van der Waals surface area (Å²) >= 11 is 3.09. The van der Waals surface area contributed by atoms with Crippen LogP contribution in [0, 0.1) is 11.6 Å². The highest BCUT2D eigenvalue weighted by atomic mass is 79.9. The van der Waals surface area contributed by atoms with Crippen LogP contribution in [0.2, 0.25) is 0 Å². The van der Waals surface area contributed by atoms with E-state index in [0.717, 1.165) is 12.1 Å². The Morgan fingerprint density at radius 2 is 1.78 bits per heavy atom. The van der Waals surface area contributed by atoms with Crippen molar-refractivity contribution in [2.45, 2.75) is 0 Å². The maximum atomic E-state index is 12.9. The summed E-state index contributed by atoms with van der Waals surface area (Å²) in [7, 11) is 0. The maximum absolute atomic E-state index is 12.9. The Kier molecular flexibility index (Phi) is 3.61. The second kappa shape index (κ2) is 5.18. The largest absolute Gasteiger partial charge is 0.305 e. The molecule has 1 aromatic carbocycles. The Labute approximate surface area is 109 Å². The molecule has 0 saturated carbocycles. The van der Waals surface area contributed by atoms with Crippen molar-refractivity contribution in [1.82, 2.24) is 9.97 Å². The van der Waals surface area contributed by atoms with Crippen LogP contribution in [0.15, 0.2) is 35.2 Å². The van der Waals surface area contributed by atoms with E-state index in [1.807, 2.05) is 0 Å². The van der Waals surface area contributed by atoms with Crippen molar-refractivity contribution in [1.29, 1.82) is 0 Å². The van der Waals surface area contributed by atoms with E-state index in [-0.39, 0.29) is 11.4 Å². The topological polar surface area (TPSA) is 54.9 Å². The van der Waals surface area contributed by atoms with Gasteiger partial charge in [0.2, 0.25) is 0 Å². The second-order valence-electron chi connectivity index (χ2n) is 3.34. The highest BCUT2D eigenvalue weighted by Gasteiger charge is 2.10. The molecule has 1 amide bonds. The molecule has 92 valence electrons. The lowest BCUT2D eigenvalue weighted by atomic mass is 10.2. The van der Waals surface area contributed by atoms with E-state index >= 15 is 0 Å². The summed E-state index contributed by atoms with van der Waals surface area (Å²) < 4.78 is 26.4. The van der Waals surface area contributed by atoms with Gasteiger partial charge in [-0.15, -0.1) is 0 Å². The maximum Gasteiger partial charge on any atom is 0.257 e. The quantitative estimate of drug-likeness (QED) is 0.927. The summed E-state index contributed by atoms with van der Waals surface area (Å²) in [6, 6.07) is 2.56. The summed E-state index contributed by atoms with van der Waals surface area (Å²) in [4.78, 5) is 19.4. The van der Waals surface area contributed by atoms with Crippen LogP contribution >= 0.6 is 15.9 Å². The molecule has 2 rings (SSSR count). The third kappa shape index (κ3) is 3.07. The Hall–Kier alpha value is -1.89. The third-order valence-electron chi connectivity index (χ3n) is 1.99. The molecule has 1 N–H and O–H groups in total. The SMILES string of the molecule is O=C(Nc1cnc(Br)cn1)c1cc(F)cc(F)c1. The van der Waals surface area contributed by atoms with Crippen LogP contribution in [0.25, 0.3) is 0 Å². The van der Waals surface area contributed by atoms with Crippen molar-refractivity contribution >= 4 is 27.7 Å². The van der Waals surface area contributed by atoms with Gasteiger partial charge in [0.05, 0.1) is 12.4 Å². The van der Waals surface area contributed by atoms with Gasteiger partial charge in [-0.05, 0) is 28.1 Å². The first kappa shape index (κ1) is 12.6. The number of aromatic nitrogens is 2. The first-order chi connectivity index (χ1) is 8.54. The highest BCUT2D eigenvalue weighted by molar-refractivity contribution is 9.10. The fourth-order valence-corrected chi connectivity index (χ4v) is 1.45. The van der Waals surface area contributed by atoms with Crippen molar-refractivity contribution in [2.24, 2.45) is 0 Å². The number of hydrogen-bond acceptors (Lipinski definition) is 3. The van der Waals surface area contributed by atoms with Gasteiger partial charge in [-0.3, -0.25) is 4.79 Å². The lowest BCUT2D eigenvalue weighted by Crippen LogP contribution is -2.13. The molecular formula is C11H6BrF2N3O. The molecular weight excluding hydrogens is 308 g/mol. The number of halogens is 3. The molecule has 1 heterocycles. The summed E-state index contributed by atoms with van der Waals surface area (Å²) in [6.07, 6.45) is 2.71. The molecule has 0 fully saturated rings. The molecule has 0 aliphatic carbocycles. The smallest absolute Gasteiger partial charge is 0.257 e. The van der Waals surface area contributed by atoms with Crippen LogP contribution in [-0.4, -0.2) is 15.9 Å². The molecule has 2 aromatic rings. The third-order valence-corrected chi connectivity index (χ3v) is 2.40. The molecule has 0 aliphatic heterocycles. The van der Waals surface area contributed by atoms with Crippen LogP contribution < -0.4 is 5.32 Å². The minimum Gasteiger partial charge on any atom is -0.305 e. The average molecular weight is 314 g/mol. The van der Waals surface area contributed by atoms with Gasteiger partial charge >= 0.3 is 0 Å². The molecule has 0 saturated heterocycles. The Morgan fingerprint density at radius 3 is 2.33 bits per heavy atom. The van der Waals surface area contributed by atoms with Crippen LogP contribution in [0.4, 0.5) is 14.6 Å². The number of carbonyl (C=O) groups excluding carboxylic acids is 1. The molecule has 0 unspecified atom stereocenters. The van der Waals surface area contributed by atoms with Gasteiger partial charge in [-0.25, -0.2) is 18.7 Å². The number of hydrogen-bond donors (Lipinski definition) is 1. The average Bonchev–Trinajstić information content (AvgIpc) is 2.31. The van der Waals surface area contributed by atoms with Crippen LogP contribution in [0.3, 0.4) is 0 Å². The summed E-state index contributed by atoms with van der Waals surface area (Å²) in [6.45, 7) is 0. The van der Waals surface area contributed by atoms with E-state index in [1.165, 1.54) is 12.4 Å². The number of amides is 1. The number of nitrogens with zero attached hydrogens (tertiary/aromatic N) is 2. The van der Waals surface area contributed by atoms with Crippen LogP contribution in [0.5, 0.6) is 0 Å². The monoisotopic (exact) mass is 313 g/mol. The molecule has 0 bridgehead atoms. The minimum atomic E-state index is -0.818. The van der Waals surface area contributed by atoms with Crippen molar-refractivity contribution in [3.8, 4) is 0 Å². The van der Waals surface area contributed by atoms with Crippen molar-refractivity contribution in [3.05, 3.63) is 52.4 Å². The molecule has 0 aliphatic rings. The van der Waals surface area contributed by atoms with Crippen molar-refractivity contribution in [3.63, 3.8) is 0 Å². The fourth-order valence-electron chi connectivity index (χ4n) is 1.25. The molecule has 7 heteroatoms. The van der Waals surface area contributed by atoms with E-state index in [4.69, 9.17) is 0 Å². The van der Waals surface area contributed by atoms with Gasteiger partial charge < -0.3 is 5.32 Å². The number of carbonyl (C=O) groups is 1. The summed E-state index contributed by atoms with van der Waals surface area (Å²) in [5, 5.41) is 2.37. The predicted molar refractivity (Wildman–Crippen MR) is 64.0 cm³/mol. The molecule has 4 nitrogen and oxygen atoms in total. The number of anilines is 1. The first-order valence-electron chi connectivity index (χ1n) is 4.79. The zero-order chi connectivity index (χ0) is 13.1. The van der Waals surface area contributed by atoms with Crippen molar-refractivity contribution in [2.75, 3.05) is 5.32 Å². The van der Waals surface area contributed by atoms with E-state index < -0.39 is 17.5 Å². The molecule has 0 spiro atoms. The van der Waals surface area contributed by atoms with Gasteiger partial charge in [0.25, 0.3) is 5.91 Å². The van der Waals surface area contributed by atoms with Crippen LogP contribution in [0.1, 0.15) is 10.4 Å². The molecule has 1 aromatic heterocycles. The zero-order valence-electron chi connectivity index (χ0n) is 8.82. The number of nitrogens with one attached hydrogen (secondary N) is 1. The first-order valence-corrected chi connectivity index (χ1v) is 5.59. The molecule has 18 heavy (non-hydrogen) atoms. The lowest BCUT2D eigenvalue weighted by molar-refractivity contribution is 0.102. The van der Waals surface area contributed by atoms with Crippen LogP contribution in [-0.2, 0) is 0 Å². The van der Waals surface area contributed by atoms with Gasteiger partial charge in [0.1, 0.15) is 16.2 Å². The Morgan fingerprint density at radius 1 is 1.11 bits per heavy atom. The Bertz CT molecular complexity index is 569. The van der Waals surface area contributed by atoms with Gasteiger partial charge in [-0.2, -0.15) is 0 Å². The predicted octanol–water partition coefficient (Wildman–Crippen LogP) is 2.77. The van der Waals surface area contributed by atoms with Gasteiger partial charge in [-0.1, -0.05) is 0 Å². The Balaban J connectivity index is 2.19. The minimum absolute atomic E-state index is 0.128.